The molecule has 1 aliphatic rings. The molecule has 0 radical (unpaired) electrons. The Morgan fingerprint density at radius 3 is 2.67 bits per heavy atom. The Morgan fingerprint density at radius 2 is 2.06 bits per heavy atom. The van der Waals surface area contributed by atoms with Crippen molar-refractivity contribution in [3.8, 4) is 0 Å². The highest BCUT2D eigenvalue weighted by molar-refractivity contribution is 5.27. The molecule has 1 aliphatic carbocycles. The minimum atomic E-state index is -0.00553. The summed E-state index contributed by atoms with van der Waals surface area (Å²) in [4.78, 5) is 0. The summed E-state index contributed by atoms with van der Waals surface area (Å²) in [6.07, 6.45) is 2.45. The van der Waals surface area contributed by atoms with Crippen molar-refractivity contribution in [2.75, 3.05) is 13.2 Å². The quantitative estimate of drug-likeness (QED) is 0.838. The first kappa shape index (κ1) is 13.6. The van der Waals surface area contributed by atoms with Gasteiger partial charge in [-0.2, -0.15) is 0 Å². The smallest absolute Gasteiger partial charge is 0.0494 e. The zero-order chi connectivity index (χ0) is 13.2. The molecule has 1 aromatic carbocycles. The number of hydrogen-bond acceptors (Lipinski definition) is 2. The van der Waals surface area contributed by atoms with E-state index >= 15 is 0 Å². The average molecular weight is 247 g/mol. The summed E-state index contributed by atoms with van der Waals surface area (Å²) >= 11 is 0. The molecule has 0 spiro atoms. The van der Waals surface area contributed by atoms with Crippen LogP contribution in [-0.2, 0) is 0 Å². The molecule has 0 unspecified atom stereocenters. The molecular formula is C16H25NO. The van der Waals surface area contributed by atoms with Crippen LogP contribution < -0.4 is 5.32 Å². The second kappa shape index (κ2) is 5.41. The van der Waals surface area contributed by atoms with E-state index in [1.54, 1.807) is 0 Å². The van der Waals surface area contributed by atoms with Crippen molar-refractivity contribution in [2.24, 2.45) is 5.41 Å². The molecular weight excluding hydrogens is 222 g/mol. The van der Waals surface area contributed by atoms with Crippen LogP contribution in [0.5, 0.6) is 0 Å². The van der Waals surface area contributed by atoms with Crippen molar-refractivity contribution >= 4 is 0 Å². The van der Waals surface area contributed by atoms with E-state index in [2.05, 4.69) is 50.4 Å². The number of rotatable bonds is 5. The first-order chi connectivity index (χ1) is 8.50. The third-order valence-corrected chi connectivity index (χ3v) is 3.95. The lowest BCUT2D eigenvalue weighted by atomic mass is 9.75. The van der Waals surface area contributed by atoms with E-state index in [1.807, 2.05) is 0 Å². The van der Waals surface area contributed by atoms with Gasteiger partial charge in [0.1, 0.15) is 0 Å². The second-order valence-corrected chi connectivity index (χ2v) is 6.48. The van der Waals surface area contributed by atoms with Crippen LogP contribution >= 0.6 is 0 Å². The molecule has 2 heteroatoms. The molecule has 2 rings (SSSR count). The van der Waals surface area contributed by atoms with Crippen molar-refractivity contribution in [1.29, 1.82) is 0 Å². The Bertz CT molecular complexity index is 394. The third kappa shape index (κ3) is 3.33. The maximum absolute atomic E-state index is 9.22. The fourth-order valence-electron chi connectivity index (χ4n) is 2.46. The van der Waals surface area contributed by atoms with E-state index in [9.17, 15) is 5.11 Å². The van der Waals surface area contributed by atoms with Crippen molar-refractivity contribution in [1.82, 2.24) is 5.32 Å². The van der Waals surface area contributed by atoms with E-state index < -0.39 is 0 Å². The van der Waals surface area contributed by atoms with E-state index in [4.69, 9.17) is 0 Å². The van der Waals surface area contributed by atoms with E-state index in [0.29, 0.717) is 6.04 Å². The Kier molecular flexibility index (Phi) is 4.08. The topological polar surface area (TPSA) is 32.3 Å². The lowest BCUT2D eigenvalue weighted by molar-refractivity contribution is 0.143. The van der Waals surface area contributed by atoms with Crippen LogP contribution in [0.3, 0.4) is 0 Å². The van der Waals surface area contributed by atoms with Gasteiger partial charge in [0.25, 0.3) is 0 Å². The largest absolute Gasteiger partial charge is 0.396 e. The van der Waals surface area contributed by atoms with Crippen LogP contribution in [0, 0.1) is 12.3 Å². The van der Waals surface area contributed by atoms with E-state index in [0.717, 1.165) is 12.5 Å². The number of aryl methyl sites for hydroxylation is 1. The van der Waals surface area contributed by atoms with Crippen LogP contribution in [0.2, 0.25) is 0 Å². The van der Waals surface area contributed by atoms with Gasteiger partial charge >= 0.3 is 0 Å². The normalized spacial score (nSPS) is 23.8. The lowest BCUT2D eigenvalue weighted by Crippen LogP contribution is -2.45. The SMILES string of the molecule is Cc1cccc(C2CC(NCC(C)(C)CO)C2)c1. The molecule has 2 nitrogen and oxygen atoms in total. The summed E-state index contributed by atoms with van der Waals surface area (Å²) in [6, 6.07) is 9.48. The summed E-state index contributed by atoms with van der Waals surface area (Å²) in [7, 11) is 0. The molecule has 0 amide bonds. The molecule has 0 atom stereocenters. The van der Waals surface area contributed by atoms with Gasteiger partial charge < -0.3 is 10.4 Å². The zero-order valence-electron chi connectivity index (χ0n) is 11.7. The molecule has 1 aromatic rings. The highest BCUT2D eigenvalue weighted by Gasteiger charge is 2.31. The molecule has 100 valence electrons. The number of benzene rings is 1. The minimum Gasteiger partial charge on any atom is -0.396 e. The predicted octanol–water partition coefficient (Wildman–Crippen LogP) is 2.85. The third-order valence-electron chi connectivity index (χ3n) is 3.95. The van der Waals surface area contributed by atoms with Gasteiger partial charge in [-0.3, -0.25) is 0 Å². The van der Waals surface area contributed by atoms with E-state index in [-0.39, 0.29) is 12.0 Å². The molecule has 0 aromatic heterocycles. The summed E-state index contributed by atoms with van der Waals surface area (Å²) in [5.41, 5.74) is 2.83. The van der Waals surface area contributed by atoms with Gasteiger partial charge in [-0.1, -0.05) is 43.7 Å². The highest BCUT2D eigenvalue weighted by atomic mass is 16.3. The Hall–Kier alpha value is -0.860. The van der Waals surface area contributed by atoms with Gasteiger partial charge in [0.05, 0.1) is 0 Å². The zero-order valence-corrected chi connectivity index (χ0v) is 11.7. The van der Waals surface area contributed by atoms with Gasteiger partial charge in [-0.15, -0.1) is 0 Å². The molecule has 0 aliphatic heterocycles. The van der Waals surface area contributed by atoms with Crippen molar-refractivity contribution in [3.05, 3.63) is 35.4 Å². The van der Waals surface area contributed by atoms with Crippen LogP contribution in [0.4, 0.5) is 0 Å². The highest BCUT2D eigenvalue weighted by Crippen LogP contribution is 2.37. The van der Waals surface area contributed by atoms with Crippen LogP contribution in [0.25, 0.3) is 0 Å². The molecule has 2 N–H and O–H groups in total. The van der Waals surface area contributed by atoms with Crippen LogP contribution in [0.15, 0.2) is 24.3 Å². The number of hydrogen-bond donors (Lipinski definition) is 2. The van der Waals surface area contributed by atoms with Crippen LogP contribution in [-0.4, -0.2) is 24.3 Å². The first-order valence-electron chi connectivity index (χ1n) is 6.91. The fourth-order valence-corrected chi connectivity index (χ4v) is 2.46. The van der Waals surface area contributed by atoms with Gasteiger partial charge in [-0.25, -0.2) is 0 Å². The molecule has 0 heterocycles. The first-order valence-corrected chi connectivity index (χ1v) is 6.91. The summed E-state index contributed by atoms with van der Waals surface area (Å²) in [5, 5.41) is 12.8. The van der Waals surface area contributed by atoms with Crippen molar-refractivity contribution < 1.29 is 5.11 Å². The molecule has 0 saturated heterocycles. The Morgan fingerprint density at radius 1 is 1.33 bits per heavy atom. The van der Waals surface area contributed by atoms with Gasteiger partial charge in [-0.05, 0) is 31.2 Å². The monoisotopic (exact) mass is 247 g/mol. The summed E-state index contributed by atoms with van der Waals surface area (Å²) in [6.45, 7) is 7.48. The minimum absolute atomic E-state index is 0.00553. The summed E-state index contributed by atoms with van der Waals surface area (Å²) < 4.78 is 0. The van der Waals surface area contributed by atoms with Crippen molar-refractivity contribution in [3.63, 3.8) is 0 Å². The maximum atomic E-state index is 9.22. The maximum Gasteiger partial charge on any atom is 0.0494 e. The fraction of sp³-hybridized carbons (Fsp3) is 0.625. The molecule has 1 fully saturated rings. The van der Waals surface area contributed by atoms with Gasteiger partial charge in [0.15, 0.2) is 0 Å². The molecule has 18 heavy (non-hydrogen) atoms. The van der Waals surface area contributed by atoms with E-state index in [1.165, 1.54) is 24.0 Å². The van der Waals surface area contributed by atoms with Crippen LogP contribution in [0.1, 0.15) is 43.7 Å². The standard InChI is InChI=1S/C16H25NO/c1-12-5-4-6-13(7-12)14-8-15(9-14)17-10-16(2,3)11-18/h4-7,14-15,17-18H,8-11H2,1-3H3. The van der Waals surface area contributed by atoms with Gasteiger partial charge in [0.2, 0.25) is 0 Å². The number of aliphatic hydroxyl groups excluding tert-OH is 1. The lowest BCUT2D eigenvalue weighted by Gasteiger charge is -2.38. The Balaban J connectivity index is 1.77. The Labute approximate surface area is 110 Å². The number of nitrogens with one attached hydrogen (secondary N) is 1. The van der Waals surface area contributed by atoms with Gasteiger partial charge in [0, 0.05) is 24.6 Å². The average Bonchev–Trinajstić information content (AvgIpc) is 2.27. The number of aliphatic hydroxyl groups is 1. The summed E-state index contributed by atoms with van der Waals surface area (Å²) in [5.74, 6) is 0.722. The predicted molar refractivity (Wildman–Crippen MR) is 75.8 cm³/mol. The second-order valence-electron chi connectivity index (χ2n) is 6.48. The molecule has 0 bridgehead atoms. The molecule has 1 saturated carbocycles. The van der Waals surface area contributed by atoms with Crippen molar-refractivity contribution in [2.45, 2.75) is 45.6 Å².